The maximum atomic E-state index is 4.87. The topological polar surface area (TPSA) is 96.0 Å². The number of rotatable bonds is 3. The van der Waals surface area contributed by atoms with Crippen molar-refractivity contribution in [3.05, 3.63) is 79.0 Å². The Bertz CT molecular complexity index is 1550. The molecule has 0 saturated heterocycles. The van der Waals surface area contributed by atoms with Crippen molar-refractivity contribution >= 4 is 22.1 Å². The van der Waals surface area contributed by atoms with Crippen LogP contribution >= 0.6 is 0 Å². The molecule has 6 rings (SSSR count). The maximum Gasteiger partial charge on any atom is 0.160 e. The summed E-state index contributed by atoms with van der Waals surface area (Å²) in [5, 5.41) is 8.66. The van der Waals surface area contributed by atoms with E-state index in [1.54, 1.807) is 18.6 Å². The largest absolute Gasteiger partial charge is 0.321 e. The third-order valence-electron chi connectivity index (χ3n) is 5.51. The van der Waals surface area contributed by atoms with Crippen LogP contribution in [-0.4, -0.2) is 35.1 Å². The highest BCUT2D eigenvalue weighted by Gasteiger charge is 2.16. The van der Waals surface area contributed by atoms with Crippen molar-refractivity contribution in [2.24, 2.45) is 0 Å². The van der Waals surface area contributed by atoms with Crippen LogP contribution in [-0.2, 0) is 0 Å². The summed E-state index contributed by atoms with van der Waals surface area (Å²) >= 11 is 0. The quantitative estimate of drug-likeness (QED) is 0.437. The molecule has 0 saturated carbocycles. The van der Waals surface area contributed by atoms with E-state index in [4.69, 9.17) is 4.98 Å². The van der Waals surface area contributed by atoms with E-state index in [0.29, 0.717) is 5.82 Å². The van der Waals surface area contributed by atoms with Gasteiger partial charge in [0.2, 0.25) is 0 Å². The summed E-state index contributed by atoms with van der Waals surface area (Å²) in [4.78, 5) is 21.1. The minimum Gasteiger partial charge on any atom is -0.321 e. The number of hydrogen-bond donors (Lipinski definition) is 2. The van der Waals surface area contributed by atoms with Gasteiger partial charge in [-0.05, 0) is 60.0 Å². The van der Waals surface area contributed by atoms with Crippen LogP contribution < -0.4 is 0 Å². The second kappa shape index (κ2) is 6.84. The van der Waals surface area contributed by atoms with Gasteiger partial charge in [0.25, 0.3) is 0 Å². The second-order valence-electron chi connectivity index (χ2n) is 7.40. The first-order valence-corrected chi connectivity index (χ1v) is 9.92. The van der Waals surface area contributed by atoms with E-state index in [0.717, 1.165) is 50.0 Å². The standard InChI is InChI=1S/C24H17N7/c1-14-4-8-26-13-19(14)16-2-3-20-18(12-16)22(31-30-20)24-28-21-17(7-11-27-23(21)29-24)15-5-9-25-10-6-15/h2-13H,1H3,(H,30,31)(H,27,28,29). The molecule has 0 bridgehead atoms. The number of nitrogens with one attached hydrogen (secondary N) is 2. The Kier molecular flexibility index (Phi) is 3.86. The molecule has 5 heterocycles. The molecular weight excluding hydrogens is 386 g/mol. The number of aromatic amines is 2. The molecule has 0 aliphatic heterocycles. The predicted molar refractivity (Wildman–Crippen MR) is 120 cm³/mol. The van der Waals surface area contributed by atoms with Crippen LogP contribution in [0.5, 0.6) is 0 Å². The summed E-state index contributed by atoms with van der Waals surface area (Å²) in [7, 11) is 0. The lowest BCUT2D eigenvalue weighted by Gasteiger charge is -2.05. The van der Waals surface area contributed by atoms with Crippen LogP contribution in [0.2, 0.25) is 0 Å². The van der Waals surface area contributed by atoms with Crippen LogP contribution in [0, 0.1) is 6.92 Å². The zero-order valence-electron chi connectivity index (χ0n) is 16.7. The molecule has 1 aromatic carbocycles. The van der Waals surface area contributed by atoms with Gasteiger partial charge in [-0.1, -0.05) is 6.07 Å². The molecule has 7 nitrogen and oxygen atoms in total. The molecule has 0 amide bonds. The normalized spacial score (nSPS) is 11.4. The monoisotopic (exact) mass is 403 g/mol. The van der Waals surface area contributed by atoms with Gasteiger partial charge in [0.1, 0.15) is 11.2 Å². The molecule has 0 unspecified atom stereocenters. The van der Waals surface area contributed by atoms with Crippen LogP contribution in [0.4, 0.5) is 0 Å². The maximum absolute atomic E-state index is 4.87. The van der Waals surface area contributed by atoms with Gasteiger partial charge in [0.15, 0.2) is 11.5 Å². The summed E-state index contributed by atoms with van der Waals surface area (Å²) < 4.78 is 0. The number of imidazole rings is 1. The first-order valence-electron chi connectivity index (χ1n) is 9.92. The second-order valence-corrected chi connectivity index (χ2v) is 7.40. The Balaban J connectivity index is 1.52. The molecule has 148 valence electrons. The molecule has 0 atom stereocenters. The molecule has 0 spiro atoms. The van der Waals surface area contributed by atoms with Crippen molar-refractivity contribution in [1.82, 2.24) is 35.1 Å². The number of aromatic nitrogens is 7. The summed E-state index contributed by atoms with van der Waals surface area (Å²) in [6.07, 6.45) is 9.04. The van der Waals surface area contributed by atoms with E-state index in [9.17, 15) is 0 Å². The number of fused-ring (bicyclic) bond motifs is 2. The number of aryl methyl sites for hydroxylation is 1. The molecule has 0 aliphatic carbocycles. The minimum absolute atomic E-state index is 0.676. The third-order valence-corrected chi connectivity index (χ3v) is 5.51. The first kappa shape index (κ1) is 17.5. The fourth-order valence-electron chi connectivity index (χ4n) is 3.92. The van der Waals surface area contributed by atoms with E-state index < -0.39 is 0 Å². The van der Waals surface area contributed by atoms with Crippen molar-refractivity contribution in [1.29, 1.82) is 0 Å². The van der Waals surface area contributed by atoms with E-state index in [1.165, 1.54) is 5.56 Å². The number of hydrogen-bond acceptors (Lipinski definition) is 5. The number of nitrogens with zero attached hydrogens (tertiary/aromatic N) is 5. The molecule has 0 aliphatic rings. The Labute approximate surface area is 177 Å². The Morgan fingerprint density at radius 1 is 0.806 bits per heavy atom. The summed E-state index contributed by atoms with van der Waals surface area (Å²) in [6, 6.07) is 14.2. The molecule has 5 aromatic heterocycles. The Morgan fingerprint density at radius 2 is 1.68 bits per heavy atom. The van der Waals surface area contributed by atoms with Crippen LogP contribution in [0.25, 0.3) is 55.8 Å². The zero-order valence-corrected chi connectivity index (χ0v) is 16.7. The van der Waals surface area contributed by atoms with E-state index in [1.807, 2.05) is 42.7 Å². The van der Waals surface area contributed by atoms with Crippen LogP contribution in [0.15, 0.2) is 73.4 Å². The van der Waals surface area contributed by atoms with Gasteiger partial charge in [-0.25, -0.2) is 9.97 Å². The average Bonchev–Trinajstić information content (AvgIpc) is 3.43. The minimum atomic E-state index is 0.676. The molecule has 31 heavy (non-hydrogen) atoms. The molecule has 6 aromatic rings. The number of benzene rings is 1. The highest BCUT2D eigenvalue weighted by molar-refractivity contribution is 5.97. The third kappa shape index (κ3) is 2.86. The summed E-state index contributed by atoms with van der Waals surface area (Å²) in [5.74, 6) is 0.676. The summed E-state index contributed by atoms with van der Waals surface area (Å²) in [5.41, 5.74) is 8.65. The van der Waals surface area contributed by atoms with Gasteiger partial charge in [-0.3, -0.25) is 15.1 Å². The van der Waals surface area contributed by atoms with Crippen LogP contribution in [0.3, 0.4) is 0 Å². The highest BCUT2D eigenvalue weighted by Crippen LogP contribution is 2.32. The Morgan fingerprint density at radius 3 is 2.55 bits per heavy atom. The zero-order chi connectivity index (χ0) is 20.8. The summed E-state index contributed by atoms with van der Waals surface area (Å²) in [6.45, 7) is 2.09. The molecule has 0 fully saturated rings. The fourth-order valence-corrected chi connectivity index (χ4v) is 3.92. The van der Waals surface area contributed by atoms with Crippen molar-refractivity contribution < 1.29 is 0 Å². The number of H-pyrrole nitrogens is 2. The van der Waals surface area contributed by atoms with Gasteiger partial charge in [-0.2, -0.15) is 5.10 Å². The van der Waals surface area contributed by atoms with E-state index in [2.05, 4.69) is 49.2 Å². The SMILES string of the molecule is Cc1ccncc1-c1ccc2[nH]nc(-c3nc4c(-c5ccncc5)ccnc4[nH]3)c2c1. The molecular formula is C24H17N7. The molecule has 0 radical (unpaired) electrons. The van der Waals surface area contributed by atoms with Gasteiger partial charge < -0.3 is 4.98 Å². The Hall–Kier alpha value is -4.39. The van der Waals surface area contributed by atoms with Gasteiger partial charge in [-0.15, -0.1) is 0 Å². The van der Waals surface area contributed by atoms with E-state index >= 15 is 0 Å². The average molecular weight is 403 g/mol. The lowest BCUT2D eigenvalue weighted by Crippen LogP contribution is -1.86. The van der Waals surface area contributed by atoms with Crippen molar-refractivity contribution in [2.75, 3.05) is 0 Å². The van der Waals surface area contributed by atoms with Gasteiger partial charge in [0.05, 0.1) is 5.52 Å². The molecule has 2 N–H and O–H groups in total. The van der Waals surface area contributed by atoms with Gasteiger partial charge in [0, 0.05) is 47.5 Å². The highest BCUT2D eigenvalue weighted by atomic mass is 15.1. The smallest absolute Gasteiger partial charge is 0.160 e. The van der Waals surface area contributed by atoms with Crippen molar-refractivity contribution in [3.63, 3.8) is 0 Å². The predicted octanol–water partition coefficient (Wildman–Crippen LogP) is 4.93. The first-order chi connectivity index (χ1) is 15.3. The van der Waals surface area contributed by atoms with E-state index in [-0.39, 0.29) is 0 Å². The molecule has 7 heteroatoms. The lowest BCUT2D eigenvalue weighted by atomic mass is 10.0. The van der Waals surface area contributed by atoms with Crippen molar-refractivity contribution in [2.45, 2.75) is 6.92 Å². The number of pyridine rings is 3. The van der Waals surface area contributed by atoms with Gasteiger partial charge >= 0.3 is 0 Å². The van der Waals surface area contributed by atoms with Crippen LogP contribution in [0.1, 0.15) is 5.56 Å². The fraction of sp³-hybridized carbons (Fsp3) is 0.0417. The van der Waals surface area contributed by atoms with Crippen molar-refractivity contribution in [3.8, 4) is 33.8 Å². The lowest BCUT2D eigenvalue weighted by molar-refractivity contribution is 1.10.